The largest absolute Gasteiger partial charge is 0.394 e. The molecule has 8 heteroatoms. The Kier molecular flexibility index (Phi) is 5.76. The number of hydrogen-bond donors (Lipinski definition) is 3. The van der Waals surface area contributed by atoms with Crippen LogP contribution in [0.15, 0.2) is 53.0 Å². The lowest BCUT2D eigenvalue weighted by Gasteiger charge is -2.44. The van der Waals surface area contributed by atoms with E-state index >= 15 is 0 Å². The van der Waals surface area contributed by atoms with Crippen molar-refractivity contribution in [1.82, 2.24) is 10.6 Å². The van der Waals surface area contributed by atoms with Gasteiger partial charge in [0.15, 0.2) is 0 Å². The average Bonchev–Trinajstić information content (AvgIpc) is 3.09. The SMILES string of the molecule is O=C(NC1N[C@@]2(c3cc(Br)ccc3F)CO[C@H](CO)[C@H]2CS1)c1ccccc1. The first-order valence-corrected chi connectivity index (χ1v) is 10.8. The van der Waals surface area contributed by atoms with Crippen LogP contribution in [-0.4, -0.2) is 41.6 Å². The first-order chi connectivity index (χ1) is 13.5. The molecule has 148 valence electrons. The third-order valence-electron chi connectivity index (χ3n) is 5.33. The van der Waals surface area contributed by atoms with Crippen molar-refractivity contribution in [3.8, 4) is 0 Å². The Morgan fingerprint density at radius 2 is 2.14 bits per heavy atom. The van der Waals surface area contributed by atoms with Gasteiger partial charge in [0.2, 0.25) is 0 Å². The maximum Gasteiger partial charge on any atom is 0.253 e. The lowest BCUT2D eigenvalue weighted by atomic mass is 9.78. The van der Waals surface area contributed by atoms with Gasteiger partial charge in [-0.15, -0.1) is 11.8 Å². The maximum atomic E-state index is 14.8. The van der Waals surface area contributed by atoms with Crippen LogP contribution in [0.1, 0.15) is 15.9 Å². The molecule has 4 atom stereocenters. The highest BCUT2D eigenvalue weighted by molar-refractivity contribution is 9.10. The van der Waals surface area contributed by atoms with Crippen LogP contribution in [0.2, 0.25) is 0 Å². The fraction of sp³-hybridized carbons (Fsp3) is 0.350. The molecule has 2 heterocycles. The van der Waals surface area contributed by atoms with Gasteiger partial charge in [-0.25, -0.2) is 4.39 Å². The van der Waals surface area contributed by atoms with Crippen LogP contribution in [-0.2, 0) is 10.3 Å². The van der Waals surface area contributed by atoms with Gasteiger partial charge >= 0.3 is 0 Å². The van der Waals surface area contributed by atoms with E-state index in [2.05, 4.69) is 26.6 Å². The normalized spacial score (nSPS) is 29.3. The number of fused-ring (bicyclic) bond motifs is 1. The molecule has 2 aliphatic heterocycles. The number of thioether (sulfide) groups is 1. The monoisotopic (exact) mass is 466 g/mol. The number of halogens is 2. The van der Waals surface area contributed by atoms with E-state index in [1.807, 2.05) is 6.07 Å². The van der Waals surface area contributed by atoms with Gasteiger partial charge in [0.1, 0.15) is 11.3 Å². The van der Waals surface area contributed by atoms with E-state index in [0.717, 1.165) is 4.47 Å². The molecule has 0 bridgehead atoms. The molecule has 2 aromatic rings. The van der Waals surface area contributed by atoms with Crippen molar-refractivity contribution >= 4 is 33.6 Å². The molecule has 2 saturated heterocycles. The van der Waals surface area contributed by atoms with Crippen molar-refractivity contribution in [3.63, 3.8) is 0 Å². The third-order valence-corrected chi connectivity index (χ3v) is 6.94. The maximum absolute atomic E-state index is 14.8. The van der Waals surface area contributed by atoms with Gasteiger partial charge in [0.25, 0.3) is 5.91 Å². The Hall–Kier alpha value is -1.45. The number of carbonyl (C=O) groups is 1. The molecule has 28 heavy (non-hydrogen) atoms. The number of hydrogen-bond acceptors (Lipinski definition) is 5. The van der Waals surface area contributed by atoms with Gasteiger partial charge in [-0.3, -0.25) is 10.1 Å². The number of carbonyl (C=O) groups excluding carboxylic acids is 1. The van der Waals surface area contributed by atoms with Crippen LogP contribution in [0.3, 0.4) is 0 Å². The summed E-state index contributed by atoms with van der Waals surface area (Å²) in [5, 5.41) is 16.1. The van der Waals surface area contributed by atoms with Gasteiger partial charge in [0, 0.05) is 27.3 Å². The van der Waals surface area contributed by atoms with E-state index in [1.54, 1.807) is 36.4 Å². The predicted octanol–water partition coefficient (Wildman–Crippen LogP) is 2.84. The molecule has 0 saturated carbocycles. The van der Waals surface area contributed by atoms with E-state index in [4.69, 9.17) is 4.74 Å². The zero-order valence-corrected chi connectivity index (χ0v) is 17.3. The molecular weight excluding hydrogens is 447 g/mol. The molecule has 1 unspecified atom stereocenters. The number of nitrogens with one attached hydrogen (secondary N) is 2. The molecule has 4 rings (SSSR count). The second kappa shape index (κ2) is 8.12. The quantitative estimate of drug-likeness (QED) is 0.646. The minimum absolute atomic E-state index is 0.129. The molecule has 2 aliphatic rings. The van der Waals surface area contributed by atoms with E-state index in [9.17, 15) is 14.3 Å². The highest BCUT2D eigenvalue weighted by Gasteiger charge is 2.55. The molecule has 2 aromatic carbocycles. The first kappa shape index (κ1) is 19.8. The summed E-state index contributed by atoms with van der Waals surface area (Å²) in [4.78, 5) is 12.6. The second-order valence-electron chi connectivity index (χ2n) is 6.93. The summed E-state index contributed by atoms with van der Waals surface area (Å²) in [6.45, 7) is 0.0832. The van der Waals surface area contributed by atoms with E-state index in [-0.39, 0.29) is 37.0 Å². The van der Waals surface area contributed by atoms with Crippen LogP contribution in [0.5, 0.6) is 0 Å². The molecule has 0 aliphatic carbocycles. The topological polar surface area (TPSA) is 70.6 Å². The van der Waals surface area contributed by atoms with Crippen molar-refractivity contribution in [2.75, 3.05) is 19.0 Å². The van der Waals surface area contributed by atoms with Crippen molar-refractivity contribution in [2.45, 2.75) is 17.1 Å². The highest BCUT2D eigenvalue weighted by atomic mass is 79.9. The summed E-state index contributed by atoms with van der Waals surface area (Å²) in [6, 6.07) is 13.8. The third kappa shape index (κ3) is 3.59. The Bertz CT molecular complexity index is 872. The lowest BCUT2D eigenvalue weighted by molar-refractivity contribution is 0.0435. The van der Waals surface area contributed by atoms with Crippen LogP contribution >= 0.6 is 27.7 Å². The number of aliphatic hydroxyl groups excluding tert-OH is 1. The average molecular weight is 467 g/mol. The summed E-state index contributed by atoms with van der Waals surface area (Å²) in [5.41, 5.74) is -0.211. The Balaban J connectivity index is 1.63. The Morgan fingerprint density at radius 3 is 2.89 bits per heavy atom. The molecule has 1 amide bonds. The van der Waals surface area contributed by atoms with Gasteiger partial charge in [-0.05, 0) is 30.3 Å². The smallest absolute Gasteiger partial charge is 0.253 e. The molecule has 2 fully saturated rings. The highest BCUT2D eigenvalue weighted by Crippen LogP contribution is 2.46. The molecule has 3 N–H and O–H groups in total. The summed E-state index contributed by atoms with van der Waals surface area (Å²) in [7, 11) is 0. The van der Waals surface area contributed by atoms with Gasteiger partial charge < -0.3 is 15.2 Å². The van der Waals surface area contributed by atoms with Crippen molar-refractivity contribution < 1.29 is 19.0 Å². The first-order valence-electron chi connectivity index (χ1n) is 8.97. The van der Waals surface area contributed by atoms with Gasteiger partial charge in [0.05, 0.1) is 24.9 Å². The number of aliphatic hydroxyl groups is 1. The molecule has 0 radical (unpaired) electrons. The zero-order chi connectivity index (χ0) is 19.7. The van der Waals surface area contributed by atoms with Crippen LogP contribution in [0.4, 0.5) is 4.39 Å². The number of benzene rings is 2. The minimum Gasteiger partial charge on any atom is -0.394 e. The summed E-state index contributed by atoms with van der Waals surface area (Å²) >= 11 is 4.93. The summed E-state index contributed by atoms with van der Waals surface area (Å²) in [6.07, 6.45) is -0.385. The van der Waals surface area contributed by atoms with Crippen molar-refractivity contribution in [1.29, 1.82) is 0 Å². The summed E-state index contributed by atoms with van der Waals surface area (Å²) in [5.74, 6) is -0.0603. The van der Waals surface area contributed by atoms with Gasteiger partial charge in [-0.1, -0.05) is 34.1 Å². The van der Waals surface area contributed by atoms with Crippen molar-refractivity contribution in [2.24, 2.45) is 5.92 Å². The fourth-order valence-electron chi connectivity index (χ4n) is 3.90. The Morgan fingerprint density at radius 1 is 1.36 bits per heavy atom. The van der Waals surface area contributed by atoms with E-state index in [0.29, 0.717) is 16.9 Å². The number of rotatable bonds is 4. The minimum atomic E-state index is -0.832. The van der Waals surface area contributed by atoms with Gasteiger partial charge in [-0.2, -0.15) is 0 Å². The summed E-state index contributed by atoms with van der Waals surface area (Å²) < 4.78 is 21.4. The molecule has 5 nitrogen and oxygen atoms in total. The molecule has 0 aromatic heterocycles. The number of ether oxygens (including phenoxy) is 1. The van der Waals surface area contributed by atoms with Crippen LogP contribution in [0.25, 0.3) is 0 Å². The van der Waals surface area contributed by atoms with E-state index in [1.165, 1.54) is 17.8 Å². The molecular formula is C20H20BrFN2O3S. The molecule has 0 spiro atoms. The predicted molar refractivity (Wildman–Crippen MR) is 109 cm³/mol. The Labute approximate surface area is 175 Å². The fourth-order valence-corrected chi connectivity index (χ4v) is 5.64. The van der Waals surface area contributed by atoms with E-state index < -0.39 is 11.0 Å². The van der Waals surface area contributed by atoms with Crippen LogP contribution < -0.4 is 10.6 Å². The van der Waals surface area contributed by atoms with Crippen molar-refractivity contribution in [3.05, 3.63) is 69.9 Å². The standard InChI is InChI=1S/C20H20BrFN2O3S/c21-13-6-7-16(22)14(8-13)20-11-27-17(9-25)15(20)10-28-19(24-20)23-18(26)12-4-2-1-3-5-12/h1-8,15,17,19,24-25H,9-11H2,(H,23,26)/t15-,17-,19?,20-/m1/s1. The number of amides is 1. The second-order valence-corrected chi connectivity index (χ2v) is 8.98. The zero-order valence-electron chi connectivity index (χ0n) is 14.9. The van der Waals surface area contributed by atoms with Crippen LogP contribution in [0, 0.1) is 11.7 Å². The lowest BCUT2D eigenvalue weighted by Crippen LogP contribution is -2.61.